The fraction of sp³-hybridized carbons (Fsp3) is 0.364. The normalized spacial score (nSPS) is 15.7. The fourth-order valence-electron chi connectivity index (χ4n) is 1.93. The molecule has 1 N–H and O–H groups in total. The SMILES string of the molecule is Cc1cc(C)c(N2CCNC2=O)c(Br)c1. The van der Waals surface area contributed by atoms with E-state index in [2.05, 4.69) is 27.3 Å². The average Bonchev–Trinajstić information content (AvgIpc) is 2.50. The van der Waals surface area contributed by atoms with E-state index in [0.29, 0.717) is 0 Å². The number of aryl methyl sites for hydroxylation is 2. The molecule has 1 aliphatic rings. The highest BCUT2D eigenvalue weighted by Crippen LogP contribution is 2.32. The van der Waals surface area contributed by atoms with Crippen molar-refractivity contribution in [2.24, 2.45) is 0 Å². The third-order valence-electron chi connectivity index (χ3n) is 2.53. The van der Waals surface area contributed by atoms with Crippen molar-refractivity contribution in [2.75, 3.05) is 18.0 Å². The third kappa shape index (κ3) is 1.86. The number of nitrogens with zero attached hydrogens (tertiary/aromatic N) is 1. The molecule has 0 bridgehead atoms. The van der Waals surface area contributed by atoms with Crippen molar-refractivity contribution in [1.82, 2.24) is 5.32 Å². The highest BCUT2D eigenvalue weighted by atomic mass is 79.9. The summed E-state index contributed by atoms with van der Waals surface area (Å²) in [6, 6.07) is 4.11. The Hall–Kier alpha value is -1.03. The molecule has 0 unspecified atom stereocenters. The predicted molar refractivity (Wildman–Crippen MR) is 64.4 cm³/mol. The predicted octanol–water partition coefficient (Wildman–Crippen LogP) is 2.60. The highest BCUT2D eigenvalue weighted by Gasteiger charge is 2.24. The minimum Gasteiger partial charge on any atom is -0.336 e. The van der Waals surface area contributed by atoms with Gasteiger partial charge in [-0.2, -0.15) is 0 Å². The molecule has 0 spiro atoms. The van der Waals surface area contributed by atoms with E-state index in [1.165, 1.54) is 5.56 Å². The van der Waals surface area contributed by atoms with Crippen LogP contribution in [-0.4, -0.2) is 19.1 Å². The van der Waals surface area contributed by atoms with Crippen molar-refractivity contribution in [3.8, 4) is 0 Å². The van der Waals surface area contributed by atoms with Crippen LogP contribution in [0.25, 0.3) is 0 Å². The van der Waals surface area contributed by atoms with Crippen LogP contribution in [0.1, 0.15) is 11.1 Å². The molecule has 0 atom stereocenters. The number of amides is 2. The van der Waals surface area contributed by atoms with Crippen molar-refractivity contribution in [2.45, 2.75) is 13.8 Å². The van der Waals surface area contributed by atoms with Gasteiger partial charge in [-0.3, -0.25) is 4.90 Å². The largest absolute Gasteiger partial charge is 0.336 e. The summed E-state index contributed by atoms with van der Waals surface area (Å²) >= 11 is 3.51. The summed E-state index contributed by atoms with van der Waals surface area (Å²) in [5.74, 6) is 0. The number of urea groups is 1. The first-order chi connectivity index (χ1) is 7.09. The molecule has 15 heavy (non-hydrogen) atoms. The van der Waals surface area contributed by atoms with Crippen LogP contribution < -0.4 is 10.2 Å². The van der Waals surface area contributed by atoms with Gasteiger partial charge in [-0.15, -0.1) is 0 Å². The lowest BCUT2D eigenvalue weighted by molar-refractivity contribution is 0.252. The summed E-state index contributed by atoms with van der Waals surface area (Å²) < 4.78 is 0.983. The molecule has 1 aliphatic heterocycles. The Morgan fingerprint density at radius 1 is 1.40 bits per heavy atom. The van der Waals surface area contributed by atoms with E-state index in [1.54, 1.807) is 4.90 Å². The second kappa shape index (κ2) is 3.85. The monoisotopic (exact) mass is 268 g/mol. The lowest BCUT2D eigenvalue weighted by atomic mass is 10.1. The second-order valence-corrected chi connectivity index (χ2v) is 4.65. The van der Waals surface area contributed by atoms with Crippen LogP contribution in [0.2, 0.25) is 0 Å². The quantitative estimate of drug-likeness (QED) is 0.835. The Kier molecular flexibility index (Phi) is 2.69. The lowest BCUT2D eigenvalue weighted by Crippen LogP contribution is -2.28. The third-order valence-corrected chi connectivity index (χ3v) is 3.13. The van der Waals surface area contributed by atoms with Crippen LogP contribution in [0, 0.1) is 13.8 Å². The Morgan fingerprint density at radius 2 is 2.13 bits per heavy atom. The molecule has 1 heterocycles. The van der Waals surface area contributed by atoms with Crippen LogP contribution in [0.4, 0.5) is 10.5 Å². The van der Waals surface area contributed by atoms with Gasteiger partial charge in [0.25, 0.3) is 0 Å². The number of carbonyl (C=O) groups is 1. The highest BCUT2D eigenvalue weighted by molar-refractivity contribution is 9.10. The zero-order valence-corrected chi connectivity index (χ0v) is 10.4. The molecule has 1 aromatic rings. The molecule has 0 aromatic heterocycles. The van der Waals surface area contributed by atoms with Crippen LogP contribution in [-0.2, 0) is 0 Å². The number of hydrogen-bond acceptors (Lipinski definition) is 1. The van der Waals surface area contributed by atoms with Gasteiger partial charge < -0.3 is 5.32 Å². The minimum atomic E-state index is -0.0114. The van der Waals surface area contributed by atoms with Gasteiger partial charge in [0, 0.05) is 17.6 Å². The molecule has 1 fully saturated rings. The molecule has 0 aliphatic carbocycles. The van der Waals surface area contributed by atoms with E-state index in [4.69, 9.17) is 0 Å². The number of rotatable bonds is 1. The van der Waals surface area contributed by atoms with Gasteiger partial charge in [0.2, 0.25) is 0 Å². The number of hydrogen-bond donors (Lipinski definition) is 1. The first-order valence-electron chi connectivity index (χ1n) is 4.91. The van der Waals surface area contributed by atoms with Gasteiger partial charge in [-0.1, -0.05) is 6.07 Å². The van der Waals surface area contributed by atoms with Crippen molar-refractivity contribution >= 4 is 27.6 Å². The summed E-state index contributed by atoms with van der Waals surface area (Å²) in [4.78, 5) is 13.3. The Labute approximate surface area is 97.6 Å². The zero-order valence-electron chi connectivity index (χ0n) is 8.80. The van der Waals surface area contributed by atoms with E-state index < -0.39 is 0 Å². The van der Waals surface area contributed by atoms with Gasteiger partial charge in [-0.25, -0.2) is 4.79 Å². The summed E-state index contributed by atoms with van der Waals surface area (Å²) in [7, 11) is 0. The van der Waals surface area contributed by atoms with E-state index in [9.17, 15) is 4.79 Å². The molecular weight excluding hydrogens is 256 g/mol. The molecule has 2 amide bonds. The first-order valence-corrected chi connectivity index (χ1v) is 5.71. The maximum absolute atomic E-state index is 11.6. The number of benzene rings is 1. The Bertz CT molecular complexity index is 394. The molecular formula is C11H13BrN2O. The molecule has 0 saturated carbocycles. The van der Waals surface area contributed by atoms with Crippen molar-refractivity contribution < 1.29 is 4.79 Å². The van der Waals surface area contributed by atoms with Gasteiger partial charge in [-0.05, 0) is 47.0 Å². The summed E-state index contributed by atoms with van der Waals surface area (Å²) in [5, 5.41) is 2.80. The molecule has 3 nitrogen and oxygen atoms in total. The topological polar surface area (TPSA) is 32.3 Å². The zero-order chi connectivity index (χ0) is 11.0. The Balaban J connectivity index is 2.47. The van der Waals surface area contributed by atoms with Gasteiger partial charge in [0.1, 0.15) is 0 Å². The van der Waals surface area contributed by atoms with Crippen LogP contribution >= 0.6 is 15.9 Å². The van der Waals surface area contributed by atoms with E-state index in [1.807, 2.05) is 19.9 Å². The first kappa shape index (κ1) is 10.5. The summed E-state index contributed by atoms with van der Waals surface area (Å²) in [6.07, 6.45) is 0. The fourth-order valence-corrected chi connectivity index (χ4v) is 2.82. The van der Waals surface area contributed by atoms with E-state index in [0.717, 1.165) is 28.8 Å². The molecule has 2 rings (SSSR count). The van der Waals surface area contributed by atoms with Gasteiger partial charge in [0.05, 0.1) is 5.69 Å². The number of anilines is 1. The van der Waals surface area contributed by atoms with Crippen LogP contribution in [0.5, 0.6) is 0 Å². The van der Waals surface area contributed by atoms with E-state index in [-0.39, 0.29) is 6.03 Å². The number of nitrogens with one attached hydrogen (secondary N) is 1. The van der Waals surface area contributed by atoms with Gasteiger partial charge in [0.15, 0.2) is 0 Å². The minimum absolute atomic E-state index is 0.0114. The van der Waals surface area contributed by atoms with Crippen LogP contribution in [0.3, 0.4) is 0 Å². The van der Waals surface area contributed by atoms with Crippen molar-refractivity contribution in [3.63, 3.8) is 0 Å². The molecule has 4 heteroatoms. The average molecular weight is 269 g/mol. The summed E-state index contributed by atoms with van der Waals surface area (Å²) in [5.41, 5.74) is 3.30. The van der Waals surface area contributed by atoms with Crippen LogP contribution in [0.15, 0.2) is 16.6 Å². The molecule has 80 valence electrons. The van der Waals surface area contributed by atoms with Crippen molar-refractivity contribution in [1.29, 1.82) is 0 Å². The maximum atomic E-state index is 11.6. The summed E-state index contributed by atoms with van der Waals surface area (Å²) in [6.45, 7) is 5.53. The number of carbonyl (C=O) groups excluding carboxylic acids is 1. The molecule has 1 saturated heterocycles. The Morgan fingerprint density at radius 3 is 2.67 bits per heavy atom. The maximum Gasteiger partial charge on any atom is 0.322 e. The smallest absolute Gasteiger partial charge is 0.322 e. The molecule has 0 radical (unpaired) electrons. The molecule has 1 aromatic carbocycles. The lowest BCUT2D eigenvalue weighted by Gasteiger charge is -2.19. The van der Waals surface area contributed by atoms with Crippen molar-refractivity contribution in [3.05, 3.63) is 27.7 Å². The second-order valence-electron chi connectivity index (χ2n) is 3.80. The van der Waals surface area contributed by atoms with E-state index >= 15 is 0 Å². The number of halogens is 1. The van der Waals surface area contributed by atoms with Gasteiger partial charge >= 0.3 is 6.03 Å². The standard InChI is InChI=1S/C11H13BrN2O/c1-7-5-8(2)10(9(12)6-7)14-4-3-13-11(14)15/h5-6H,3-4H2,1-2H3,(H,13,15).